The average molecular weight is 392 g/mol. The van der Waals surface area contributed by atoms with Crippen molar-refractivity contribution in [1.82, 2.24) is 4.98 Å². The molecule has 0 radical (unpaired) electrons. The third kappa shape index (κ3) is 4.05. The largest absolute Gasteiger partial charge is 0.368 e. The Morgan fingerprint density at radius 2 is 2.08 bits per heavy atom. The maximum atomic E-state index is 8.28. The van der Waals surface area contributed by atoms with E-state index in [-0.39, 0.29) is 5.84 Å². The predicted molar refractivity (Wildman–Crippen MR) is 112 cm³/mol. The van der Waals surface area contributed by atoms with Gasteiger partial charge >= 0.3 is 0 Å². The van der Waals surface area contributed by atoms with Crippen molar-refractivity contribution < 1.29 is 0 Å². The molecule has 0 bridgehead atoms. The molecule has 1 aromatic heterocycles. The highest BCUT2D eigenvalue weighted by Gasteiger charge is 2.21. The lowest BCUT2D eigenvalue weighted by atomic mass is 10.1. The number of H-pyrrole nitrogens is 1. The molecule has 7 heteroatoms. The molecule has 0 saturated heterocycles. The van der Waals surface area contributed by atoms with E-state index in [1.807, 2.05) is 25.1 Å². The molecule has 0 fully saturated rings. The van der Waals surface area contributed by atoms with Crippen LogP contribution in [-0.2, 0) is 6.54 Å². The van der Waals surface area contributed by atoms with Crippen LogP contribution in [0, 0.1) is 11.3 Å². The minimum atomic E-state index is 0.244. The Hall–Kier alpha value is -1.98. The van der Waals surface area contributed by atoms with Crippen molar-refractivity contribution in [3.8, 4) is 0 Å². The molecule has 3 rings (SSSR count). The van der Waals surface area contributed by atoms with Crippen LogP contribution < -0.4 is 10.2 Å². The number of halogens is 2. The monoisotopic (exact) mass is 391 g/mol. The number of nitrogens with zero attached hydrogens (tertiary/aromatic N) is 2. The number of hydrogen-bond donors (Lipinski definition) is 3. The first kappa shape index (κ1) is 18.8. The molecule has 0 unspecified atom stereocenters. The van der Waals surface area contributed by atoms with Crippen LogP contribution in [0.25, 0.3) is 0 Å². The van der Waals surface area contributed by atoms with Crippen LogP contribution in [0.15, 0.2) is 29.3 Å². The average Bonchev–Trinajstić information content (AvgIpc) is 3.03. The fourth-order valence-corrected chi connectivity index (χ4v) is 3.16. The highest BCUT2D eigenvalue weighted by Crippen LogP contribution is 2.32. The van der Waals surface area contributed by atoms with Gasteiger partial charge in [-0.05, 0) is 42.7 Å². The van der Waals surface area contributed by atoms with Crippen LogP contribution in [0.1, 0.15) is 32.0 Å². The molecule has 0 saturated carbocycles. The molecule has 0 amide bonds. The molecule has 0 spiro atoms. The van der Waals surface area contributed by atoms with E-state index >= 15 is 0 Å². The Balaban J connectivity index is 1.86. The molecule has 1 aliphatic rings. The minimum Gasteiger partial charge on any atom is -0.368 e. The molecule has 138 valence electrons. The van der Waals surface area contributed by atoms with Crippen molar-refractivity contribution in [2.75, 3.05) is 23.3 Å². The van der Waals surface area contributed by atoms with E-state index in [2.05, 4.69) is 34.0 Å². The summed E-state index contributed by atoms with van der Waals surface area (Å²) in [6, 6.07) is 7.49. The fourth-order valence-electron chi connectivity index (χ4n) is 2.79. The summed E-state index contributed by atoms with van der Waals surface area (Å²) in [5.41, 5.74) is 3.65. The molecule has 0 atom stereocenters. The highest BCUT2D eigenvalue weighted by molar-refractivity contribution is 6.33. The molecule has 3 N–H and O–H groups in total. The summed E-state index contributed by atoms with van der Waals surface area (Å²) in [5, 5.41) is 13.0. The molecule has 1 aromatic carbocycles. The number of anilines is 2. The van der Waals surface area contributed by atoms with Gasteiger partial charge in [-0.2, -0.15) is 0 Å². The summed E-state index contributed by atoms with van der Waals surface area (Å²) in [5.74, 6) is 1.47. The number of benzene rings is 1. The molecule has 26 heavy (non-hydrogen) atoms. The SMILES string of the molecule is CC(=NC(=N)c1cc2c([nH]1)NCCN2Cc1cc(Cl)ccc1Cl)C(C)C. The maximum Gasteiger partial charge on any atom is 0.168 e. The number of aromatic amines is 1. The predicted octanol–water partition coefficient (Wildman–Crippen LogP) is 5.20. The number of amidine groups is 1. The molecular weight excluding hydrogens is 369 g/mol. The first-order valence-electron chi connectivity index (χ1n) is 8.65. The third-order valence-corrected chi connectivity index (χ3v) is 5.17. The van der Waals surface area contributed by atoms with Crippen LogP contribution in [-0.4, -0.2) is 29.6 Å². The lowest BCUT2D eigenvalue weighted by Crippen LogP contribution is -2.33. The summed E-state index contributed by atoms with van der Waals surface area (Å²) in [7, 11) is 0. The highest BCUT2D eigenvalue weighted by atomic mass is 35.5. The van der Waals surface area contributed by atoms with Crippen LogP contribution in [0.2, 0.25) is 10.0 Å². The summed E-state index contributed by atoms with van der Waals surface area (Å²) >= 11 is 12.4. The van der Waals surface area contributed by atoms with E-state index < -0.39 is 0 Å². The second-order valence-corrected chi connectivity index (χ2v) is 7.63. The Kier molecular flexibility index (Phi) is 5.58. The minimum absolute atomic E-state index is 0.244. The van der Waals surface area contributed by atoms with E-state index in [9.17, 15) is 0 Å². The number of fused-ring (bicyclic) bond motifs is 1. The third-order valence-electron chi connectivity index (χ3n) is 4.57. The quantitative estimate of drug-likeness (QED) is 0.495. The molecule has 2 aromatic rings. The van der Waals surface area contributed by atoms with Gasteiger partial charge in [0.15, 0.2) is 5.84 Å². The van der Waals surface area contributed by atoms with Gasteiger partial charge in [0.05, 0.1) is 11.4 Å². The van der Waals surface area contributed by atoms with Crippen LogP contribution in [0.5, 0.6) is 0 Å². The summed E-state index contributed by atoms with van der Waals surface area (Å²) < 4.78 is 0. The van der Waals surface area contributed by atoms with Gasteiger partial charge < -0.3 is 15.2 Å². The zero-order chi connectivity index (χ0) is 18.8. The van der Waals surface area contributed by atoms with Crippen molar-refractivity contribution >= 4 is 46.3 Å². The molecule has 1 aliphatic heterocycles. The van der Waals surface area contributed by atoms with Gasteiger partial charge in [-0.1, -0.05) is 37.0 Å². The van der Waals surface area contributed by atoms with E-state index in [1.54, 1.807) is 6.07 Å². The molecular formula is C19H23Cl2N5. The molecule has 5 nitrogen and oxygen atoms in total. The van der Waals surface area contributed by atoms with Crippen molar-refractivity contribution in [2.45, 2.75) is 27.3 Å². The Labute approximate surface area is 163 Å². The number of aromatic nitrogens is 1. The van der Waals surface area contributed by atoms with Crippen molar-refractivity contribution in [2.24, 2.45) is 10.9 Å². The first-order chi connectivity index (χ1) is 12.3. The van der Waals surface area contributed by atoms with Gasteiger partial charge in [0, 0.05) is 35.4 Å². The lowest BCUT2D eigenvalue weighted by Gasteiger charge is -2.30. The first-order valence-corrected chi connectivity index (χ1v) is 9.40. The summed E-state index contributed by atoms with van der Waals surface area (Å²) in [6.07, 6.45) is 0. The second kappa shape index (κ2) is 7.72. The summed E-state index contributed by atoms with van der Waals surface area (Å²) in [4.78, 5) is 9.92. The zero-order valence-corrected chi connectivity index (χ0v) is 16.7. The fraction of sp³-hybridized carbons (Fsp3) is 0.368. The summed E-state index contributed by atoms with van der Waals surface area (Å²) in [6.45, 7) is 8.41. The van der Waals surface area contributed by atoms with Crippen LogP contribution in [0.4, 0.5) is 11.5 Å². The molecule has 0 aliphatic carbocycles. The van der Waals surface area contributed by atoms with Gasteiger partial charge in [-0.15, -0.1) is 0 Å². The normalized spacial score (nSPS) is 14.4. The maximum absolute atomic E-state index is 8.28. The zero-order valence-electron chi connectivity index (χ0n) is 15.2. The Morgan fingerprint density at radius 1 is 1.31 bits per heavy atom. The van der Waals surface area contributed by atoms with Gasteiger partial charge in [-0.25, -0.2) is 4.99 Å². The lowest BCUT2D eigenvalue weighted by molar-refractivity contribution is 0.786. The standard InChI is InChI=1S/C19H23Cl2N5/c1-11(2)12(3)24-18(22)16-9-17-19(25-16)23-6-7-26(17)10-13-8-14(20)4-5-15(13)21/h4-5,8-9,11,22-23,25H,6-7,10H2,1-3H3. The van der Waals surface area contributed by atoms with E-state index in [0.29, 0.717) is 28.2 Å². The number of nitrogens with one attached hydrogen (secondary N) is 3. The van der Waals surface area contributed by atoms with Crippen LogP contribution >= 0.6 is 23.2 Å². The number of aliphatic imine (C=N–C) groups is 1. The van der Waals surface area contributed by atoms with E-state index in [1.165, 1.54) is 0 Å². The van der Waals surface area contributed by atoms with Crippen molar-refractivity contribution in [3.05, 3.63) is 45.6 Å². The van der Waals surface area contributed by atoms with Gasteiger partial charge in [0.1, 0.15) is 5.82 Å². The topological polar surface area (TPSA) is 67.3 Å². The van der Waals surface area contributed by atoms with Gasteiger partial charge in [0.25, 0.3) is 0 Å². The second-order valence-electron chi connectivity index (χ2n) is 6.78. The number of hydrogen-bond acceptors (Lipinski definition) is 3. The number of rotatable bonds is 4. The van der Waals surface area contributed by atoms with E-state index in [0.717, 1.165) is 35.9 Å². The van der Waals surface area contributed by atoms with Crippen LogP contribution in [0.3, 0.4) is 0 Å². The molecule has 2 heterocycles. The Bertz CT molecular complexity index is 854. The van der Waals surface area contributed by atoms with Crippen molar-refractivity contribution in [1.29, 1.82) is 5.41 Å². The van der Waals surface area contributed by atoms with Gasteiger partial charge in [-0.3, -0.25) is 5.41 Å². The van der Waals surface area contributed by atoms with Gasteiger partial charge in [0.2, 0.25) is 0 Å². The van der Waals surface area contributed by atoms with Crippen molar-refractivity contribution in [3.63, 3.8) is 0 Å². The smallest absolute Gasteiger partial charge is 0.168 e. The van der Waals surface area contributed by atoms with E-state index in [4.69, 9.17) is 28.6 Å². The Morgan fingerprint density at radius 3 is 2.81 bits per heavy atom.